The van der Waals surface area contributed by atoms with Crippen molar-refractivity contribution in [3.63, 3.8) is 0 Å². The normalized spacial score (nSPS) is 15.4. The number of hydrogen-bond acceptors (Lipinski definition) is 2. The third kappa shape index (κ3) is 3.41. The minimum Gasteiger partial charge on any atom is -0.493 e. The SMILES string of the molecule is COc1cc2c(cc1OC)C[N+](Cc1ccccc1)(CC(C)C)C2. The van der Waals surface area contributed by atoms with Gasteiger partial charge in [-0.05, 0) is 12.1 Å². The summed E-state index contributed by atoms with van der Waals surface area (Å²) in [4.78, 5) is 0. The van der Waals surface area contributed by atoms with Crippen LogP contribution in [0.1, 0.15) is 30.5 Å². The Bertz CT molecular complexity index is 661. The van der Waals surface area contributed by atoms with Gasteiger partial charge < -0.3 is 14.0 Å². The lowest BCUT2D eigenvalue weighted by atomic mass is 10.1. The zero-order valence-corrected chi connectivity index (χ0v) is 15.2. The summed E-state index contributed by atoms with van der Waals surface area (Å²) in [6.45, 7) is 8.99. The molecule has 0 spiro atoms. The van der Waals surface area contributed by atoms with E-state index in [1.165, 1.54) is 23.2 Å². The van der Waals surface area contributed by atoms with E-state index in [2.05, 4.69) is 56.3 Å². The topological polar surface area (TPSA) is 18.5 Å². The van der Waals surface area contributed by atoms with E-state index in [1.54, 1.807) is 14.2 Å². The first-order valence-corrected chi connectivity index (χ1v) is 8.68. The summed E-state index contributed by atoms with van der Waals surface area (Å²) in [5.41, 5.74) is 4.19. The van der Waals surface area contributed by atoms with Crippen molar-refractivity contribution >= 4 is 0 Å². The van der Waals surface area contributed by atoms with Crippen molar-refractivity contribution in [3.05, 3.63) is 59.2 Å². The number of nitrogens with zero attached hydrogens (tertiary/aromatic N) is 1. The highest BCUT2D eigenvalue weighted by molar-refractivity contribution is 5.48. The van der Waals surface area contributed by atoms with Crippen molar-refractivity contribution in [2.75, 3.05) is 20.8 Å². The molecule has 0 aromatic heterocycles. The predicted octanol–water partition coefficient (Wildman–Crippen LogP) is 4.39. The van der Waals surface area contributed by atoms with E-state index in [0.717, 1.165) is 35.6 Å². The first-order chi connectivity index (χ1) is 11.5. The third-order valence-electron chi connectivity index (χ3n) is 4.83. The quantitative estimate of drug-likeness (QED) is 0.733. The van der Waals surface area contributed by atoms with Gasteiger partial charge in [0.1, 0.15) is 19.6 Å². The average Bonchev–Trinajstić information content (AvgIpc) is 2.89. The Morgan fingerprint density at radius 2 is 1.46 bits per heavy atom. The van der Waals surface area contributed by atoms with Crippen LogP contribution >= 0.6 is 0 Å². The maximum absolute atomic E-state index is 5.50. The fourth-order valence-corrected chi connectivity index (χ4v) is 4.09. The first-order valence-electron chi connectivity index (χ1n) is 8.68. The van der Waals surface area contributed by atoms with E-state index in [0.29, 0.717) is 5.92 Å². The highest BCUT2D eigenvalue weighted by Gasteiger charge is 2.37. The zero-order valence-electron chi connectivity index (χ0n) is 15.2. The van der Waals surface area contributed by atoms with Gasteiger partial charge in [0.2, 0.25) is 0 Å². The molecule has 0 atom stereocenters. The smallest absolute Gasteiger partial charge is 0.161 e. The highest BCUT2D eigenvalue weighted by Crippen LogP contribution is 2.39. The predicted molar refractivity (Wildman–Crippen MR) is 97.1 cm³/mol. The molecular weight excluding hydrogens is 298 g/mol. The lowest BCUT2D eigenvalue weighted by Crippen LogP contribution is -2.44. The number of benzene rings is 2. The molecule has 2 aromatic rings. The Morgan fingerprint density at radius 3 is 1.92 bits per heavy atom. The molecule has 1 aliphatic rings. The van der Waals surface area contributed by atoms with Crippen LogP contribution in [-0.4, -0.2) is 25.2 Å². The van der Waals surface area contributed by atoms with Gasteiger partial charge in [-0.25, -0.2) is 0 Å². The van der Waals surface area contributed by atoms with Crippen LogP contribution in [0, 0.1) is 5.92 Å². The van der Waals surface area contributed by atoms with Gasteiger partial charge in [-0.1, -0.05) is 44.2 Å². The van der Waals surface area contributed by atoms with Crippen LogP contribution in [0.25, 0.3) is 0 Å². The second-order valence-electron chi connectivity index (χ2n) is 7.35. The van der Waals surface area contributed by atoms with Crippen molar-refractivity contribution in [3.8, 4) is 11.5 Å². The van der Waals surface area contributed by atoms with Crippen LogP contribution in [0.3, 0.4) is 0 Å². The molecule has 3 heteroatoms. The first kappa shape index (κ1) is 16.8. The minimum absolute atomic E-state index is 0.659. The molecule has 0 fully saturated rings. The molecule has 128 valence electrons. The Labute approximate surface area is 145 Å². The maximum Gasteiger partial charge on any atom is 0.161 e. The number of hydrogen-bond donors (Lipinski definition) is 0. The molecule has 0 radical (unpaired) electrons. The van der Waals surface area contributed by atoms with Crippen LogP contribution in [0.5, 0.6) is 11.5 Å². The molecule has 3 nitrogen and oxygen atoms in total. The number of ether oxygens (including phenoxy) is 2. The summed E-state index contributed by atoms with van der Waals surface area (Å²) in [6, 6.07) is 15.2. The van der Waals surface area contributed by atoms with Gasteiger partial charge >= 0.3 is 0 Å². The van der Waals surface area contributed by atoms with Gasteiger partial charge in [-0.3, -0.25) is 0 Å². The molecule has 2 aromatic carbocycles. The number of rotatable bonds is 6. The Kier molecular flexibility index (Phi) is 4.81. The van der Waals surface area contributed by atoms with E-state index in [4.69, 9.17) is 9.47 Å². The summed E-state index contributed by atoms with van der Waals surface area (Å²) < 4.78 is 12.1. The molecule has 0 aliphatic carbocycles. The Hall–Kier alpha value is -2.00. The van der Waals surface area contributed by atoms with Gasteiger partial charge in [0, 0.05) is 22.6 Å². The number of fused-ring (bicyclic) bond motifs is 1. The lowest BCUT2D eigenvalue weighted by Gasteiger charge is -2.36. The van der Waals surface area contributed by atoms with E-state index in [1.807, 2.05) is 0 Å². The van der Waals surface area contributed by atoms with Crippen molar-refractivity contribution in [2.45, 2.75) is 33.5 Å². The molecule has 0 N–H and O–H groups in total. The van der Waals surface area contributed by atoms with Gasteiger partial charge in [-0.15, -0.1) is 0 Å². The lowest BCUT2D eigenvalue weighted by molar-refractivity contribution is -0.962. The fourth-order valence-electron chi connectivity index (χ4n) is 4.09. The van der Waals surface area contributed by atoms with E-state index in [-0.39, 0.29) is 0 Å². The molecule has 0 saturated heterocycles. The van der Waals surface area contributed by atoms with E-state index >= 15 is 0 Å². The van der Waals surface area contributed by atoms with Crippen LogP contribution in [0.2, 0.25) is 0 Å². The van der Waals surface area contributed by atoms with Gasteiger partial charge in [-0.2, -0.15) is 0 Å². The standard InChI is InChI=1S/C21H28NO2/c1-16(2)12-22(13-17-8-6-5-7-9-17)14-18-10-20(23-3)21(24-4)11-19(18)15-22/h5-11,16H,12-15H2,1-4H3/q+1. The summed E-state index contributed by atoms with van der Waals surface area (Å²) in [7, 11) is 3.42. The second kappa shape index (κ2) is 6.86. The molecule has 0 bridgehead atoms. The zero-order chi connectivity index (χ0) is 17.2. The fraction of sp³-hybridized carbons (Fsp3) is 0.429. The van der Waals surface area contributed by atoms with Crippen molar-refractivity contribution in [1.29, 1.82) is 0 Å². The maximum atomic E-state index is 5.50. The van der Waals surface area contributed by atoms with E-state index in [9.17, 15) is 0 Å². The van der Waals surface area contributed by atoms with Crippen molar-refractivity contribution in [1.82, 2.24) is 0 Å². The molecule has 3 rings (SSSR count). The summed E-state index contributed by atoms with van der Waals surface area (Å²) in [5, 5.41) is 0. The number of methoxy groups -OCH3 is 2. The molecule has 0 saturated carbocycles. The third-order valence-corrected chi connectivity index (χ3v) is 4.83. The van der Waals surface area contributed by atoms with Crippen LogP contribution in [0.15, 0.2) is 42.5 Å². The minimum atomic E-state index is 0.659. The van der Waals surface area contributed by atoms with Gasteiger partial charge in [0.05, 0.1) is 20.8 Å². The average molecular weight is 326 g/mol. The summed E-state index contributed by atoms with van der Waals surface area (Å²) in [6.07, 6.45) is 0. The highest BCUT2D eigenvalue weighted by atomic mass is 16.5. The summed E-state index contributed by atoms with van der Waals surface area (Å²) in [5.74, 6) is 2.33. The molecular formula is C21H28NO2+. The van der Waals surface area contributed by atoms with Crippen molar-refractivity contribution in [2.24, 2.45) is 5.92 Å². The van der Waals surface area contributed by atoms with Gasteiger partial charge in [0.25, 0.3) is 0 Å². The van der Waals surface area contributed by atoms with Crippen molar-refractivity contribution < 1.29 is 14.0 Å². The monoisotopic (exact) mass is 326 g/mol. The Balaban J connectivity index is 1.93. The molecule has 0 amide bonds. The van der Waals surface area contributed by atoms with Crippen LogP contribution in [0.4, 0.5) is 0 Å². The van der Waals surface area contributed by atoms with E-state index < -0.39 is 0 Å². The Morgan fingerprint density at radius 1 is 0.917 bits per heavy atom. The van der Waals surface area contributed by atoms with Crippen LogP contribution in [-0.2, 0) is 19.6 Å². The van der Waals surface area contributed by atoms with Crippen LogP contribution < -0.4 is 9.47 Å². The van der Waals surface area contributed by atoms with Gasteiger partial charge in [0.15, 0.2) is 11.5 Å². The molecule has 0 unspecified atom stereocenters. The largest absolute Gasteiger partial charge is 0.493 e. The second-order valence-corrected chi connectivity index (χ2v) is 7.35. The molecule has 24 heavy (non-hydrogen) atoms. The molecule has 1 heterocycles. The summed E-state index contributed by atoms with van der Waals surface area (Å²) >= 11 is 0. The number of quaternary nitrogens is 1. The molecule has 1 aliphatic heterocycles.